The summed E-state index contributed by atoms with van der Waals surface area (Å²) in [5, 5.41) is 1.89. The van der Waals surface area contributed by atoms with Gasteiger partial charge in [0.25, 0.3) is 0 Å². The molecule has 0 atom stereocenters. The molecule has 0 spiro atoms. The summed E-state index contributed by atoms with van der Waals surface area (Å²) in [5.41, 5.74) is 0.0813. The Kier molecular flexibility index (Phi) is 3.54. The van der Waals surface area contributed by atoms with Crippen molar-refractivity contribution < 1.29 is 13.9 Å². The molecule has 0 aliphatic heterocycles. The first-order valence-corrected chi connectivity index (χ1v) is 5.98. The van der Waals surface area contributed by atoms with Gasteiger partial charge in [0.05, 0.1) is 12.7 Å². The van der Waals surface area contributed by atoms with E-state index in [4.69, 9.17) is 4.74 Å². The van der Waals surface area contributed by atoms with Crippen LogP contribution in [0.1, 0.15) is 15.2 Å². The lowest BCUT2D eigenvalue weighted by Crippen LogP contribution is -2.06. The number of benzene rings is 1. The zero-order valence-corrected chi connectivity index (χ0v) is 10.1. The minimum absolute atomic E-state index is 0.0813. The van der Waals surface area contributed by atoms with Gasteiger partial charge in [-0.15, -0.1) is 11.3 Å². The molecule has 2 rings (SSSR count). The van der Waals surface area contributed by atoms with Crippen LogP contribution in [0.4, 0.5) is 4.39 Å². The van der Waals surface area contributed by atoms with Gasteiger partial charge in [0, 0.05) is 11.3 Å². The van der Waals surface area contributed by atoms with Crippen LogP contribution in [0, 0.1) is 5.82 Å². The van der Waals surface area contributed by atoms with Gasteiger partial charge in [-0.3, -0.25) is 4.79 Å². The summed E-state index contributed by atoms with van der Waals surface area (Å²) >= 11 is 1.49. The molecule has 0 saturated heterocycles. The first-order valence-electron chi connectivity index (χ1n) is 5.10. The number of rotatable bonds is 4. The number of carbonyl (C=O) groups excluding carboxylic acids is 1. The second-order valence-corrected chi connectivity index (χ2v) is 4.53. The van der Waals surface area contributed by atoms with E-state index in [0.29, 0.717) is 0 Å². The van der Waals surface area contributed by atoms with E-state index in [1.54, 1.807) is 6.07 Å². The average molecular weight is 250 g/mol. The van der Waals surface area contributed by atoms with E-state index in [0.717, 1.165) is 4.88 Å². The number of ether oxygens (including phenoxy) is 1. The van der Waals surface area contributed by atoms with Gasteiger partial charge >= 0.3 is 0 Å². The van der Waals surface area contributed by atoms with E-state index < -0.39 is 5.82 Å². The molecule has 0 aliphatic rings. The molecule has 0 aliphatic carbocycles. The second-order valence-electron chi connectivity index (χ2n) is 3.50. The minimum atomic E-state index is -0.587. The van der Waals surface area contributed by atoms with Gasteiger partial charge in [-0.25, -0.2) is 4.39 Å². The highest BCUT2D eigenvalue weighted by molar-refractivity contribution is 7.10. The van der Waals surface area contributed by atoms with E-state index in [1.807, 2.05) is 17.5 Å². The first kappa shape index (κ1) is 11.8. The fourth-order valence-corrected chi connectivity index (χ4v) is 2.25. The number of hydrogen-bond acceptors (Lipinski definition) is 3. The summed E-state index contributed by atoms with van der Waals surface area (Å²) in [6.45, 7) is 0. The molecule has 0 fully saturated rings. The van der Waals surface area contributed by atoms with Gasteiger partial charge in [-0.1, -0.05) is 12.1 Å². The number of carbonyl (C=O) groups is 1. The van der Waals surface area contributed by atoms with E-state index in [2.05, 4.69) is 0 Å². The van der Waals surface area contributed by atoms with Gasteiger partial charge in [0.1, 0.15) is 0 Å². The lowest BCUT2D eigenvalue weighted by atomic mass is 10.1. The summed E-state index contributed by atoms with van der Waals surface area (Å²) in [6.07, 6.45) is 0.224. The Hall–Kier alpha value is -1.68. The van der Waals surface area contributed by atoms with Crippen LogP contribution in [0.2, 0.25) is 0 Å². The molecule has 0 bridgehead atoms. The highest BCUT2D eigenvalue weighted by atomic mass is 32.1. The fraction of sp³-hybridized carbons (Fsp3) is 0.154. The molecule has 2 nitrogen and oxygen atoms in total. The number of Topliss-reactive ketones (excluding diaryl/α,β-unsaturated/α-hetero) is 1. The van der Waals surface area contributed by atoms with Crippen LogP contribution in [0.3, 0.4) is 0 Å². The maximum atomic E-state index is 13.8. The fourth-order valence-electron chi connectivity index (χ4n) is 1.55. The molecule has 88 valence electrons. The lowest BCUT2D eigenvalue weighted by molar-refractivity contribution is 0.0989. The van der Waals surface area contributed by atoms with E-state index in [9.17, 15) is 9.18 Å². The van der Waals surface area contributed by atoms with Crippen molar-refractivity contribution in [3.8, 4) is 5.75 Å². The van der Waals surface area contributed by atoms with Crippen molar-refractivity contribution in [3.63, 3.8) is 0 Å². The third kappa shape index (κ3) is 2.53. The predicted octanol–water partition coefficient (Wildman–Crippen LogP) is 3.32. The largest absolute Gasteiger partial charge is 0.494 e. The number of thiophene rings is 1. The van der Waals surface area contributed by atoms with Crippen LogP contribution < -0.4 is 4.74 Å². The van der Waals surface area contributed by atoms with Crippen LogP contribution in [-0.2, 0) is 6.42 Å². The van der Waals surface area contributed by atoms with Gasteiger partial charge in [-0.05, 0) is 23.6 Å². The van der Waals surface area contributed by atoms with Crippen LogP contribution in [0.5, 0.6) is 5.75 Å². The number of methoxy groups -OCH3 is 1. The Morgan fingerprint density at radius 1 is 1.35 bits per heavy atom. The van der Waals surface area contributed by atoms with E-state index >= 15 is 0 Å². The van der Waals surface area contributed by atoms with Gasteiger partial charge in [-0.2, -0.15) is 0 Å². The topological polar surface area (TPSA) is 26.3 Å². The average Bonchev–Trinajstić information content (AvgIpc) is 2.82. The summed E-state index contributed by atoms with van der Waals surface area (Å²) < 4.78 is 18.7. The number of ketones is 1. The zero-order valence-electron chi connectivity index (χ0n) is 9.27. The van der Waals surface area contributed by atoms with Crippen LogP contribution in [0.15, 0.2) is 35.7 Å². The van der Waals surface area contributed by atoms with E-state index in [1.165, 1.54) is 30.6 Å². The molecular formula is C13H11FO2S. The summed E-state index contributed by atoms with van der Waals surface area (Å²) in [7, 11) is 1.38. The highest BCUT2D eigenvalue weighted by Gasteiger charge is 2.15. The van der Waals surface area contributed by atoms with Crippen molar-refractivity contribution in [2.24, 2.45) is 0 Å². The maximum absolute atomic E-state index is 13.8. The Bertz CT molecular complexity index is 520. The third-order valence-corrected chi connectivity index (χ3v) is 3.27. The van der Waals surface area contributed by atoms with E-state index in [-0.39, 0.29) is 23.5 Å². The summed E-state index contributed by atoms with van der Waals surface area (Å²) in [6, 6.07) is 8.32. The van der Waals surface area contributed by atoms with Gasteiger partial charge in [0.2, 0.25) is 0 Å². The Labute approximate surface area is 103 Å². The molecule has 1 aromatic heterocycles. The van der Waals surface area contributed by atoms with Crippen molar-refractivity contribution in [2.45, 2.75) is 6.42 Å². The Balaban J connectivity index is 2.25. The van der Waals surface area contributed by atoms with Gasteiger partial charge in [0.15, 0.2) is 17.3 Å². The molecule has 0 saturated carbocycles. The van der Waals surface area contributed by atoms with Crippen molar-refractivity contribution in [2.75, 3.05) is 7.11 Å². The van der Waals surface area contributed by atoms with Crippen LogP contribution >= 0.6 is 11.3 Å². The quantitative estimate of drug-likeness (QED) is 0.778. The molecule has 0 N–H and O–H groups in total. The minimum Gasteiger partial charge on any atom is -0.494 e. The highest BCUT2D eigenvalue weighted by Crippen LogP contribution is 2.22. The lowest BCUT2D eigenvalue weighted by Gasteiger charge is -2.05. The summed E-state index contributed by atoms with van der Waals surface area (Å²) in [5.74, 6) is -0.720. The first-order chi connectivity index (χ1) is 8.22. The normalized spacial score (nSPS) is 10.2. The van der Waals surface area contributed by atoms with Crippen molar-refractivity contribution in [3.05, 3.63) is 52.0 Å². The number of hydrogen-bond donors (Lipinski definition) is 0. The Morgan fingerprint density at radius 3 is 2.82 bits per heavy atom. The van der Waals surface area contributed by atoms with Crippen molar-refractivity contribution >= 4 is 17.1 Å². The van der Waals surface area contributed by atoms with Crippen LogP contribution in [-0.4, -0.2) is 12.9 Å². The predicted molar refractivity (Wildman–Crippen MR) is 65.3 cm³/mol. The molecule has 2 aromatic rings. The standard InChI is InChI=1S/C13H11FO2S/c1-16-12-6-2-5-10(13(12)14)11(15)8-9-4-3-7-17-9/h2-7H,8H2,1H3. The second kappa shape index (κ2) is 5.10. The van der Waals surface area contributed by atoms with Gasteiger partial charge < -0.3 is 4.74 Å². The molecule has 1 heterocycles. The van der Waals surface area contributed by atoms with Crippen molar-refractivity contribution in [1.82, 2.24) is 0 Å². The molecule has 1 aromatic carbocycles. The monoisotopic (exact) mass is 250 g/mol. The number of halogens is 1. The summed E-state index contributed by atoms with van der Waals surface area (Å²) in [4.78, 5) is 12.8. The molecule has 0 radical (unpaired) electrons. The van der Waals surface area contributed by atoms with Crippen LogP contribution in [0.25, 0.3) is 0 Å². The zero-order chi connectivity index (χ0) is 12.3. The molecule has 0 amide bonds. The third-order valence-electron chi connectivity index (χ3n) is 2.40. The maximum Gasteiger partial charge on any atom is 0.175 e. The molecule has 4 heteroatoms. The SMILES string of the molecule is COc1cccc(C(=O)Cc2cccs2)c1F. The van der Waals surface area contributed by atoms with Crippen molar-refractivity contribution in [1.29, 1.82) is 0 Å². The molecule has 17 heavy (non-hydrogen) atoms. The molecule has 0 unspecified atom stereocenters. The smallest absolute Gasteiger partial charge is 0.175 e. The molecular weight excluding hydrogens is 239 g/mol. The Morgan fingerprint density at radius 2 is 2.18 bits per heavy atom.